The lowest BCUT2D eigenvalue weighted by atomic mass is 9.99. The molecule has 4 N–H and O–H groups in total. The fourth-order valence-corrected chi connectivity index (χ4v) is 4.28. The molecule has 0 spiro atoms. The molecule has 2 rings (SSSR count). The maximum atomic E-state index is 13.3. The molecule has 10 nitrogen and oxygen atoms in total. The molecular weight excluding hydrogens is 523 g/mol. The van der Waals surface area contributed by atoms with Crippen molar-refractivity contribution >= 4 is 23.9 Å². The van der Waals surface area contributed by atoms with Gasteiger partial charge in [0.15, 0.2) is 0 Å². The number of hydrogen-bond acceptors (Lipinski definition) is 6. The SMILES string of the molecule is CCOC(=O)[C@H](CCc1ccccc1)N(C(=O)C(F)(F)F)[C@@H](CCCCN)C(=O)O.C[C@@H]1CCCN1C(=O)O. The maximum Gasteiger partial charge on any atom is 0.471 e. The van der Waals surface area contributed by atoms with Gasteiger partial charge in [0, 0.05) is 12.6 Å². The van der Waals surface area contributed by atoms with Crippen molar-refractivity contribution in [3.05, 3.63) is 35.9 Å². The molecule has 3 atom stereocenters. The highest BCUT2D eigenvalue weighted by Gasteiger charge is 2.50. The van der Waals surface area contributed by atoms with Gasteiger partial charge in [0.2, 0.25) is 0 Å². The van der Waals surface area contributed by atoms with Crippen LogP contribution < -0.4 is 5.73 Å². The number of likely N-dealkylation sites (tertiary alicyclic amines) is 1. The lowest BCUT2D eigenvalue weighted by Gasteiger charge is -2.35. The van der Waals surface area contributed by atoms with Gasteiger partial charge in [0.05, 0.1) is 6.61 Å². The molecule has 1 aliphatic heterocycles. The second-order valence-corrected chi connectivity index (χ2v) is 9.11. The predicted molar refractivity (Wildman–Crippen MR) is 136 cm³/mol. The van der Waals surface area contributed by atoms with Crippen LogP contribution in [0.3, 0.4) is 0 Å². The van der Waals surface area contributed by atoms with E-state index in [1.165, 1.54) is 11.8 Å². The summed E-state index contributed by atoms with van der Waals surface area (Å²) >= 11 is 0. The molecule has 39 heavy (non-hydrogen) atoms. The number of benzene rings is 1. The van der Waals surface area contributed by atoms with Gasteiger partial charge in [-0.3, -0.25) is 4.79 Å². The molecule has 2 amide bonds. The van der Waals surface area contributed by atoms with Crippen molar-refractivity contribution < 1.29 is 47.3 Å². The Labute approximate surface area is 225 Å². The third-order valence-electron chi connectivity index (χ3n) is 6.27. The number of ether oxygens (including phenoxy) is 1. The number of nitrogens with zero attached hydrogens (tertiary/aromatic N) is 2. The molecule has 1 aromatic carbocycles. The predicted octanol–water partition coefficient (Wildman–Crippen LogP) is 3.67. The number of hydrogen-bond donors (Lipinski definition) is 3. The van der Waals surface area contributed by atoms with E-state index in [1.54, 1.807) is 30.3 Å². The summed E-state index contributed by atoms with van der Waals surface area (Å²) in [6.45, 7) is 4.23. The number of halogens is 3. The van der Waals surface area contributed by atoms with Gasteiger partial charge in [-0.1, -0.05) is 30.3 Å². The number of aliphatic carboxylic acids is 1. The van der Waals surface area contributed by atoms with Crippen molar-refractivity contribution in [3.8, 4) is 0 Å². The number of carbonyl (C=O) groups excluding carboxylic acids is 2. The first-order valence-corrected chi connectivity index (χ1v) is 12.9. The van der Waals surface area contributed by atoms with Crippen LogP contribution in [0.5, 0.6) is 0 Å². The van der Waals surface area contributed by atoms with Gasteiger partial charge in [-0.15, -0.1) is 0 Å². The number of aryl methyl sites for hydroxylation is 1. The first-order valence-electron chi connectivity index (χ1n) is 12.9. The van der Waals surface area contributed by atoms with Crippen molar-refractivity contribution in [2.24, 2.45) is 5.73 Å². The minimum Gasteiger partial charge on any atom is -0.480 e. The van der Waals surface area contributed by atoms with E-state index in [0.29, 0.717) is 6.42 Å². The molecule has 0 bridgehead atoms. The zero-order valence-electron chi connectivity index (χ0n) is 22.2. The van der Waals surface area contributed by atoms with Crippen LogP contribution >= 0.6 is 0 Å². The van der Waals surface area contributed by atoms with Crippen molar-refractivity contribution in [3.63, 3.8) is 0 Å². The summed E-state index contributed by atoms with van der Waals surface area (Å²) < 4.78 is 44.9. The lowest BCUT2D eigenvalue weighted by molar-refractivity contribution is -0.195. The summed E-state index contributed by atoms with van der Waals surface area (Å²) in [7, 11) is 0. The number of carboxylic acid groups (broad SMARTS) is 2. The average Bonchev–Trinajstić information content (AvgIpc) is 3.31. The summed E-state index contributed by atoms with van der Waals surface area (Å²) in [6, 6.07) is 5.34. The van der Waals surface area contributed by atoms with Crippen LogP contribution in [0.25, 0.3) is 0 Å². The van der Waals surface area contributed by atoms with Crippen molar-refractivity contribution in [1.82, 2.24) is 9.80 Å². The van der Waals surface area contributed by atoms with E-state index in [9.17, 15) is 37.5 Å². The molecule has 0 radical (unpaired) electrons. The van der Waals surface area contributed by atoms with Gasteiger partial charge >= 0.3 is 30.1 Å². The third-order valence-corrected chi connectivity index (χ3v) is 6.27. The third kappa shape index (κ3) is 11.1. The minimum atomic E-state index is -5.35. The number of amides is 2. The zero-order valence-corrected chi connectivity index (χ0v) is 22.2. The van der Waals surface area contributed by atoms with E-state index in [4.69, 9.17) is 15.6 Å². The van der Waals surface area contributed by atoms with Crippen LogP contribution in [0, 0.1) is 0 Å². The van der Waals surface area contributed by atoms with Crippen LogP contribution in [-0.4, -0.2) is 88.0 Å². The highest BCUT2D eigenvalue weighted by atomic mass is 19.4. The number of rotatable bonds is 12. The van der Waals surface area contributed by atoms with Crippen molar-refractivity contribution in [2.75, 3.05) is 19.7 Å². The van der Waals surface area contributed by atoms with Crippen LogP contribution in [0.1, 0.15) is 57.9 Å². The Hall–Kier alpha value is -3.35. The maximum absolute atomic E-state index is 13.3. The second kappa shape index (κ2) is 16.6. The molecule has 1 aliphatic rings. The van der Waals surface area contributed by atoms with Gasteiger partial charge in [0.1, 0.15) is 12.1 Å². The van der Waals surface area contributed by atoms with E-state index >= 15 is 0 Å². The van der Waals surface area contributed by atoms with Crippen LogP contribution in [0.15, 0.2) is 30.3 Å². The highest BCUT2D eigenvalue weighted by molar-refractivity contribution is 5.91. The Morgan fingerprint density at radius 2 is 1.74 bits per heavy atom. The summed E-state index contributed by atoms with van der Waals surface area (Å²) in [5, 5.41) is 18.1. The Kier molecular flexibility index (Phi) is 14.3. The molecule has 1 fully saturated rings. The molecule has 1 aromatic rings. The summed E-state index contributed by atoms with van der Waals surface area (Å²) in [5.74, 6) is -5.08. The largest absolute Gasteiger partial charge is 0.480 e. The molecular formula is C26H38F3N3O7. The van der Waals surface area contributed by atoms with Gasteiger partial charge in [-0.25, -0.2) is 14.4 Å². The van der Waals surface area contributed by atoms with Crippen LogP contribution in [-0.2, 0) is 25.5 Å². The fraction of sp³-hybridized carbons (Fsp3) is 0.615. The first-order chi connectivity index (χ1) is 18.3. The quantitative estimate of drug-likeness (QED) is 0.258. The Balaban J connectivity index is 0.000000708. The van der Waals surface area contributed by atoms with Gasteiger partial charge in [-0.05, 0) is 70.9 Å². The number of nitrogens with two attached hydrogens (primary N) is 1. The van der Waals surface area contributed by atoms with Crippen LogP contribution in [0.2, 0.25) is 0 Å². The van der Waals surface area contributed by atoms with Crippen molar-refractivity contribution in [1.29, 1.82) is 0 Å². The number of carboxylic acids is 1. The van der Waals surface area contributed by atoms with E-state index in [-0.39, 0.29) is 49.8 Å². The molecule has 1 saturated heterocycles. The molecule has 0 aromatic heterocycles. The smallest absolute Gasteiger partial charge is 0.471 e. The minimum absolute atomic E-state index is 0.125. The van der Waals surface area contributed by atoms with Gasteiger partial charge in [-0.2, -0.15) is 13.2 Å². The summed E-state index contributed by atoms with van der Waals surface area (Å²) in [6.07, 6.45) is -3.86. The molecule has 13 heteroatoms. The summed E-state index contributed by atoms with van der Waals surface area (Å²) in [4.78, 5) is 48.4. The van der Waals surface area contributed by atoms with E-state index in [1.807, 2.05) is 6.92 Å². The van der Waals surface area contributed by atoms with Crippen LogP contribution in [0.4, 0.5) is 18.0 Å². The Bertz CT molecular complexity index is 931. The second-order valence-electron chi connectivity index (χ2n) is 9.11. The summed E-state index contributed by atoms with van der Waals surface area (Å²) in [5.41, 5.74) is 6.10. The number of unbranched alkanes of at least 4 members (excludes halogenated alkanes) is 1. The number of carbonyl (C=O) groups is 4. The normalized spacial score (nSPS) is 16.5. The number of alkyl halides is 3. The molecule has 0 unspecified atom stereocenters. The Morgan fingerprint density at radius 3 is 2.18 bits per heavy atom. The van der Waals surface area contributed by atoms with Crippen molar-refractivity contribution in [2.45, 2.75) is 83.1 Å². The first kappa shape index (κ1) is 33.7. The van der Waals surface area contributed by atoms with Gasteiger partial charge in [0.25, 0.3) is 0 Å². The molecule has 0 aliphatic carbocycles. The fourth-order valence-electron chi connectivity index (χ4n) is 4.28. The molecule has 0 saturated carbocycles. The van der Waals surface area contributed by atoms with Gasteiger partial charge < -0.3 is 30.5 Å². The average molecular weight is 562 g/mol. The van der Waals surface area contributed by atoms with E-state index in [2.05, 4.69) is 0 Å². The van der Waals surface area contributed by atoms with E-state index < -0.39 is 42.2 Å². The molecule has 1 heterocycles. The number of esters is 1. The van der Waals surface area contributed by atoms with E-state index in [0.717, 1.165) is 24.9 Å². The standard InChI is InChI=1S/C20H27F3N2O5.C6H11NO2/c1-2-30-18(28)16(12-11-14-8-4-3-5-9-14)25(19(29)20(21,22)23)15(17(26)27)10-6-7-13-24;1-5-3-2-4-7(5)6(8)9/h3-5,8-9,15-16H,2,6-7,10-13,24H2,1H3,(H,26,27);5H,2-4H2,1H3,(H,8,9)/t15-,16-;5-/m01/s1. The zero-order chi connectivity index (χ0) is 29.6. The monoisotopic (exact) mass is 561 g/mol. The molecule has 220 valence electrons. The topological polar surface area (TPSA) is 150 Å². The lowest BCUT2D eigenvalue weighted by Crippen LogP contribution is -2.58. The highest BCUT2D eigenvalue weighted by Crippen LogP contribution is 2.26. The Morgan fingerprint density at radius 1 is 1.10 bits per heavy atom.